The van der Waals surface area contributed by atoms with Crippen molar-refractivity contribution in [2.75, 3.05) is 42.6 Å². The number of anilines is 2. The molecule has 0 aliphatic carbocycles. The number of hydrogen-bond donors (Lipinski definition) is 1. The Morgan fingerprint density at radius 2 is 1.91 bits per heavy atom. The number of hydrogen-bond acceptors (Lipinski definition) is 7. The first kappa shape index (κ1) is 23.4. The van der Waals surface area contributed by atoms with Gasteiger partial charge >= 0.3 is 0 Å². The maximum atomic E-state index is 13.4. The van der Waals surface area contributed by atoms with Gasteiger partial charge in [0, 0.05) is 30.5 Å². The maximum Gasteiger partial charge on any atom is 0.248 e. The summed E-state index contributed by atoms with van der Waals surface area (Å²) in [5, 5.41) is 11.7. The van der Waals surface area contributed by atoms with Gasteiger partial charge in [0.05, 0.1) is 43.3 Å². The molecule has 2 aliphatic rings. The molecule has 176 valence electrons. The maximum absolute atomic E-state index is 13.4. The lowest BCUT2D eigenvalue weighted by Crippen LogP contribution is -2.47. The standard InChI is InChI=1S/C24H24N4O5S/c1-32-18-7-8-21(33-2)19(10-18)27-12-16(9-22(27)29)24(31)28-14-34-13-20(28)23(30)26-17-5-3-15(11-25)4-6-17/h3-8,10,16,20H,9,12-14H2,1-2H3,(H,26,30). The van der Waals surface area contributed by atoms with Crippen LogP contribution in [0.1, 0.15) is 12.0 Å². The fourth-order valence-electron chi connectivity index (χ4n) is 4.08. The molecule has 2 aliphatic heterocycles. The molecule has 2 unspecified atom stereocenters. The molecule has 2 aromatic carbocycles. The highest BCUT2D eigenvalue weighted by molar-refractivity contribution is 7.99. The van der Waals surface area contributed by atoms with E-state index in [0.29, 0.717) is 40.1 Å². The number of nitrogens with one attached hydrogen (secondary N) is 1. The van der Waals surface area contributed by atoms with Crippen molar-refractivity contribution in [3.05, 3.63) is 48.0 Å². The van der Waals surface area contributed by atoms with Gasteiger partial charge in [0.15, 0.2) is 0 Å². The highest BCUT2D eigenvalue weighted by atomic mass is 32.2. The Balaban J connectivity index is 1.46. The summed E-state index contributed by atoms with van der Waals surface area (Å²) in [6.07, 6.45) is 0.0598. The van der Waals surface area contributed by atoms with Gasteiger partial charge in [0.1, 0.15) is 17.5 Å². The van der Waals surface area contributed by atoms with Gasteiger partial charge in [-0.2, -0.15) is 5.26 Å². The van der Waals surface area contributed by atoms with Crippen LogP contribution in [0.15, 0.2) is 42.5 Å². The largest absolute Gasteiger partial charge is 0.497 e. The number of nitrogens with zero attached hydrogens (tertiary/aromatic N) is 3. The molecule has 0 radical (unpaired) electrons. The molecule has 1 N–H and O–H groups in total. The van der Waals surface area contributed by atoms with Crippen molar-refractivity contribution < 1.29 is 23.9 Å². The van der Waals surface area contributed by atoms with Gasteiger partial charge in [-0.3, -0.25) is 14.4 Å². The topological polar surface area (TPSA) is 112 Å². The predicted octanol–water partition coefficient (Wildman–Crippen LogP) is 2.47. The van der Waals surface area contributed by atoms with E-state index in [1.165, 1.54) is 26.0 Å². The Labute approximate surface area is 201 Å². The number of ether oxygens (including phenoxy) is 2. The van der Waals surface area contributed by atoms with Crippen molar-refractivity contribution in [2.24, 2.45) is 5.92 Å². The minimum absolute atomic E-state index is 0.0598. The van der Waals surface area contributed by atoms with Crippen LogP contribution >= 0.6 is 11.8 Å². The summed E-state index contributed by atoms with van der Waals surface area (Å²) in [6.45, 7) is 0.201. The fraction of sp³-hybridized carbons (Fsp3) is 0.333. The molecule has 2 atom stereocenters. The number of rotatable bonds is 6. The monoisotopic (exact) mass is 480 g/mol. The minimum Gasteiger partial charge on any atom is -0.497 e. The van der Waals surface area contributed by atoms with Gasteiger partial charge in [0.2, 0.25) is 17.7 Å². The van der Waals surface area contributed by atoms with E-state index in [9.17, 15) is 14.4 Å². The van der Waals surface area contributed by atoms with Crippen LogP contribution in [0.2, 0.25) is 0 Å². The second-order valence-corrected chi connectivity index (χ2v) is 8.95. The molecule has 3 amide bonds. The van der Waals surface area contributed by atoms with E-state index < -0.39 is 12.0 Å². The van der Waals surface area contributed by atoms with Crippen molar-refractivity contribution in [2.45, 2.75) is 12.5 Å². The number of amides is 3. The highest BCUT2D eigenvalue weighted by Crippen LogP contribution is 2.37. The molecule has 2 heterocycles. The number of nitriles is 1. The van der Waals surface area contributed by atoms with Crippen molar-refractivity contribution in [3.8, 4) is 17.6 Å². The molecule has 34 heavy (non-hydrogen) atoms. The van der Waals surface area contributed by atoms with Gasteiger partial charge < -0.3 is 24.6 Å². The molecule has 9 nitrogen and oxygen atoms in total. The van der Waals surface area contributed by atoms with Crippen LogP contribution in [0, 0.1) is 17.2 Å². The molecule has 0 spiro atoms. The Morgan fingerprint density at radius 1 is 1.15 bits per heavy atom. The summed E-state index contributed by atoms with van der Waals surface area (Å²) in [6, 6.07) is 13.1. The zero-order valence-electron chi connectivity index (χ0n) is 18.8. The average molecular weight is 481 g/mol. The molecule has 4 rings (SSSR count). The van der Waals surface area contributed by atoms with Crippen LogP contribution in [-0.4, -0.2) is 61.1 Å². The zero-order chi connectivity index (χ0) is 24.2. The lowest BCUT2D eigenvalue weighted by molar-refractivity contribution is -0.139. The molecule has 2 aromatic rings. The van der Waals surface area contributed by atoms with E-state index in [1.807, 2.05) is 6.07 Å². The lowest BCUT2D eigenvalue weighted by Gasteiger charge is -2.26. The Bertz CT molecular complexity index is 1150. The molecular weight excluding hydrogens is 456 g/mol. The van der Waals surface area contributed by atoms with Crippen LogP contribution in [0.4, 0.5) is 11.4 Å². The van der Waals surface area contributed by atoms with E-state index in [1.54, 1.807) is 52.3 Å². The molecule has 10 heteroatoms. The van der Waals surface area contributed by atoms with Crippen LogP contribution in [0.3, 0.4) is 0 Å². The summed E-state index contributed by atoms with van der Waals surface area (Å²) < 4.78 is 10.7. The molecule has 2 saturated heterocycles. The second kappa shape index (κ2) is 10.1. The van der Waals surface area contributed by atoms with E-state index in [-0.39, 0.29) is 30.7 Å². The van der Waals surface area contributed by atoms with Gasteiger partial charge in [0.25, 0.3) is 0 Å². The molecule has 2 fully saturated rings. The SMILES string of the molecule is COc1ccc(OC)c(N2CC(C(=O)N3CSCC3C(=O)Nc3ccc(C#N)cc3)CC2=O)c1. The number of thioether (sulfide) groups is 1. The Hall–Kier alpha value is -3.71. The van der Waals surface area contributed by atoms with Gasteiger partial charge in [-0.05, 0) is 36.4 Å². The van der Waals surface area contributed by atoms with E-state index in [4.69, 9.17) is 14.7 Å². The fourth-order valence-corrected chi connectivity index (χ4v) is 5.24. The van der Waals surface area contributed by atoms with E-state index in [2.05, 4.69) is 5.32 Å². The van der Waals surface area contributed by atoms with Crippen molar-refractivity contribution in [3.63, 3.8) is 0 Å². The average Bonchev–Trinajstić information content (AvgIpc) is 3.51. The zero-order valence-corrected chi connectivity index (χ0v) is 19.6. The Morgan fingerprint density at radius 3 is 2.59 bits per heavy atom. The number of carbonyl (C=O) groups excluding carboxylic acids is 3. The normalized spacial score (nSPS) is 19.6. The van der Waals surface area contributed by atoms with E-state index in [0.717, 1.165) is 0 Å². The first-order valence-corrected chi connectivity index (χ1v) is 11.8. The first-order valence-electron chi connectivity index (χ1n) is 10.7. The van der Waals surface area contributed by atoms with E-state index >= 15 is 0 Å². The van der Waals surface area contributed by atoms with Crippen LogP contribution in [-0.2, 0) is 14.4 Å². The third-order valence-corrected chi connectivity index (χ3v) is 6.91. The summed E-state index contributed by atoms with van der Waals surface area (Å²) in [7, 11) is 3.06. The molecule has 0 saturated carbocycles. The summed E-state index contributed by atoms with van der Waals surface area (Å²) in [5.41, 5.74) is 1.60. The number of carbonyl (C=O) groups is 3. The predicted molar refractivity (Wildman–Crippen MR) is 128 cm³/mol. The summed E-state index contributed by atoms with van der Waals surface area (Å²) in [4.78, 5) is 42.2. The first-order chi connectivity index (χ1) is 16.4. The lowest BCUT2D eigenvalue weighted by atomic mass is 10.1. The third-order valence-electron chi connectivity index (χ3n) is 5.90. The minimum atomic E-state index is -0.636. The molecular formula is C24H24N4O5S. The smallest absolute Gasteiger partial charge is 0.248 e. The summed E-state index contributed by atoms with van der Waals surface area (Å²) in [5.74, 6) is 0.691. The molecule has 0 bridgehead atoms. The number of benzene rings is 2. The van der Waals surface area contributed by atoms with Gasteiger partial charge in [-0.25, -0.2) is 0 Å². The van der Waals surface area contributed by atoms with Crippen molar-refractivity contribution >= 4 is 40.9 Å². The highest BCUT2D eigenvalue weighted by Gasteiger charge is 2.43. The Kier molecular flexibility index (Phi) is 6.93. The quantitative estimate of drug-likeness (QED) is 0.676. The van der Waals surface area contributed by atoms with Crippen LogP contribution < -0.4 is 19.7 Å². The van der Waals surface area contributed by atoms with Gasteiger partial charge in [-0.1, -0.05) is 0 Å². The number of methoxy groups -OCH3 is 2. The van der Waals surface area contributed by atoms with Crippen LogP contribution in [0.25, 0.3) is 0 Å². The third kappa shape index (κ3) is 4.65. The summed E-state index contributed by atoms with van der Waals surface area (Å²) >= 11 is 1.50. The van der Waals surface area contributed by atoms with Crippen LogP contribution in [0.5, 0.6) is 11.5 Å². The second-order valence-electron chi connectivity index (χ2n) is 7.95. The molecule has 0 aromatic heterocycles. The van der Waals surface area contributed by atoms with Crippen molar-refractivity contribution in [1.29, 1.82) is 5.26 Å². The van der Waals surface area contributed by atoms with Crippen molar-refractivity contribution in [1.82, 2.24) is 4.90 Å². The van der Waals surface area contributed by atoms with Gasteiger partial charge in [-0.15, -0.1) is 11.8 Å².